The lowest BCUT2D eigenvalue weighted by Gasteiger charge is -2.38. The first-order chi connectivity index (χ1) is 9.32. The van der Waals surface area contributed by atoms with Crippen molar-refractivity contribution in [1.29, 1.82) is 5.26 Å². The molecule has 20 heavy (non-hydrogen) atoms. The minimum Gasteiger partial charge on any atom is -0.337 e. The van der Waals surface area contributed by atoms with E-state index in [1.165, 1.54) is 0 Å². The first-order valence-corrected chi connectivity index (χ1v) is 9.06. The molecule has 0 saturated carbocycles. The first-order valence-electron chi connectivity index (χ1n) is 7.24. The number of carbonyl (C=O) groups excluding carboxylic acids is 1. The Hall–Kier alpha value is -1.09. The SMILES string of the molecule is CCCC(C#N)(CCC)C(=O)N1CCS(=O)(=O)CC1C. The number of sulfone groups is 1. The average Bonchev–Trinajstić information content (AvgIpc) is 2.36. The summed E-state index contributed by atoms with van der Waals surface area (Å²) >= 11 is 0. The van der Waals surface area contributed by atoms with Gasteiger partial charge in [-0.25, -0.2) is 8.42 Å². The van der Waals surface area contributed by atoms with Crippen molar-refractivity contribution in [2.75, 3.05) is 18.1 Å². The van der Waals surface area contributed by atoms with Crippen LogP contribution in [0.5, 0.6) is 0 Å². The first kappa shape index (κ1) is 17.0. The van der Waals surface area contributed by atoms with Crippen molar-refractivity contribution in [2.45, 2.75) is 52.5 Å². The molecule has 0 aromatic heterocycles. The molecule has 1 amide bonds. The van der Waals surface area contributed by atoms with Crippen molar-refractivity contribution in [3.05, 3.63) is 0 Å². The van der Waals surface area contributed by atoms with Crippen molar-refractivity contribution in [1.82, 2.24) is 4.90 Å². The lowest BCUT2D eigenvalue weighted by Crippen LogP contribution is -2.54. The molecule has 1 aliphatic rings. The zero-order valence-electron chi connectivity index (χ0n) is 12.6. The molecule has 1 rings (SSSR count). The van der Waals surface area contributed by atoms with Gasteiger partial charge in [-0.05, 0) is 19.8 Å². The smallest absolute Gasteiger partial charge is 0.243 e. The molecule has 0 aromatic carbocycles. The van der Waals surface area contributed by atoms with Gasteiger partial charge in [-0.2, -0.15) is 5.26 Å². The highest BCUT2D eigenvalue weighted by Crippen LogP contribution is 2.33. The maximum atomic E-state index is 12.8. The molecule has 6 heteroatoms. The van der Waals surface area contributed by atoms with E-state index in [2.05, 4.69) is 6.07 Å². The van der Waals surface area contributed by atoms with E-state index in [0.29, 0.717) is 12.8 Å². The summed E-state index contributed by atoms with van der Waals surface area (Å²) in [5.74, 6) is -0.187. The maximum Gasteiger partial charge on any atom is 0.243 e. The molecule has 1 aliphatic heterocycles. The Morgan fingerprint density at radius 1 is 1.35 bits per heavy atom. The molecule has 0 radical (unpaired) electrons. The van der Waals surface area contributed by atoms with Crippen LogP contribution in [-0.2, 0) is 14.6 Å². The summed E-state index contributed by atoms with van der Waals surface area (Å²) in [6, 6.07) is 1.87. The summed E-state index contributed by atoms with van der Waals surface area (Å²) < 4.78 is 23.2. The van der Waals surface area contributed by atoms with Gasteiger partial charge < -0.3 is 4.90 Å². The molecule has 114 valence electrons. The molecule has 1 unspecified atom stereocenters. The standard InChI is InChI=1S/C14H24N2O3S/c1-4-6-14(11-15,7-5-2)13(17)16-8-9-20(18,19)10-12(16)3/h12H,4-10H2,1-3H3. The Balaban J connectivity index is 2.99. The lowest BCUT2D eigenvalue weighted by molar-refractivity contribution is -0.141. The van der Waals surface area contributed by atoms with Crippen LogP contribution in [0.1, 0.15) is 46.5 Å². The highest BCUT2D eigenvalue weighted by atomic mass is 32.2. The number of nitriles is 1. The highest BCUT2D eigenvalue weighted by molar-refractivity contribution is 7.91. The van der Waals surface area contributed by atoms with Crippen LogP contribution in [0.3, 0.4) is 0 Å². The predicted molar refractivity (Wildman–Crippen MR) is 77.7 cm³/mol. The number of hydrogen-bond acceptors (Lipinski definition) is 4. The van der Waals surface area contributed by atoms with Crippen molar-refractivity contribution in [3.8, 4) is 6.07 Å². The Morgan fingerprint density at radius 3 is 2.30 bits per heavy atom. The van der Waals surface area contributed by atoms with Gasteiger partial charge in [0.05, 0.1) is 17.6 Å². The van der Waals surface area contributed by atoms with E-state index in [9.17, 15) is 18.5 Å². The van der Waals surface area contributed by atoms with Gasteiger partial charge in [0.2, 0.25) is 5.91 Å². The summed E-state index contributed by atoms with van der Waals surface area (Å²) in [6.07, 6.45) is 2.60. The molecule has 1 saturated heterocycles. The van der Waals surface area contributed by atoms with Crippen LogP contribution in [0.15, 0.2) is 0 Å². The molecule has 5 nitrogen and oxygen atoms in total. The van der Waals surface area contributed by atoms with Crippen LogP contribution >= 0.6 is 0 Å². The largest absolute Gasteiger partial charge is 0.337 e. The number of rotatable bonds is 5. The van der Waals surface area contributed by atoms with Crippen LogP contribution < -0.4 is 0 Å². The molecular formula is C14H24N2O3S. The van der Waals surface area contributed by atoms with E-state index < -0.39 is 15.3 Å². The lowest BCUT2D eigenvalue weighted by atomic mass is 9.79. The Kier molecular flexibility index (Phi) is 5.58. The van der Waals surface area contributed by atoms with Crippen molar-refractivity contribution < 1.29 is 13.2 Å². The summed E-state index contributed by atoms with van der Waals surface area (Å²) in [5.41, 5.74) is -0.987. The Morgan fingerprint density at radius 2 is 1.90 bits per heavy atom. The molecule has 0 aliphatic carbocycles. The summed E-state index contributed by atoms with van der Waals surface area (Å²) in [5, 5.41) is 9.51. The van der Waals surface area contributed by atoms with Gasteiger partial charge in [-0.1, -0.05) is 26.7 Å². The van der Waals surface area contributed by atoms with Crippen molar-refractivity contribution in [3.63, 3.8) is 0 Å². The Bertz CT molecular complexity index is 487. The normalized spacial score (nSPS) is 22.3. The van der Waals surface area contributed by atoms with Gasteiger partial charge in [0, 0.05) is 12.6 Å². The minimum absolute atomic E-state index is 0.00149. The van der Waals surface area contributed by atoms with Crippen LogP contribution in [0.25, 0.3) is 0 Å². The zero-order chi connectivity index (χ0) is 15.4. The third-order valence-electron chi connectivity index (χ3n) is 3.91. The van der Waals surface area contributed by atoms with Gasteiger partial charge in [0.25, 0.3) is 0 Å². The minimum atomic E-state index is -3.05. The van der Waals surface area contributed by atoms with E-state index in [-0.39, 0.29) is 30.0 Å². The van der Waals surface area contributed by atoms with Gasteiger partial charge in [0.1, 0.15) is 5.41 Å². The second kappa shape index (κ2) is 6.57. The fraction of sp³-hybridized carbons (Fsp3) is 0.857. The van der Waals surface area contributed by atoms with E-state index >= 15 is 0 Å². The average molecular weight is 300 g/mol. The monoisotopic (exact) mass is 300 g/mol. The van der Waals surface area contributed by atoms with Crippen molar-refractivity contribution in [2.24, 2.45) is 5.41 Å². The second-order valence-electron chi connectivity index (χ2n) is 5.66. The summed E-state index contributed by atoms with van der Waals surface area (Å²) in [4.78, 5) is 14.4. The Labute approximate surface area is 121 Å². The quantitative estimate of drug-likeness (QED) is 0.775. The zero-order valence-corrected chi connectivity index (χ0v) is 13.4. The predicted octanol–water partition coefficient (Wildman–Crippen LogP) is 1.74. The van der Waals surface area contributed by atoms with Crippen molar-refractivity contribution >= 4 is 15.7 Å². The van der Waals surface area contributed by atoms with Crippen LogP contribution in [0.2, 0.25) is 0 Å². The summed E-state index contributed by atoms with van der Waals surface area (Å²) in [6.45, 7) is 5.87. The van der Waals surface area contributed by atoms with Gasteiger partial charge >= 0.3 is 0 Å². The van der Waals surface area contributed by atoms with Gasteiger partial charge in [0.15, 0.2) is 9.84 Å². The number of nitrogens with zero attached hydrogens (tertiary/aromatic N) is 2. The van der Waals surface area contributed by atoms with Gasteiger partial charge in [-0.3, -0.25) is 4.79 Å². The van der Waals surface area contributed by atoms with E-state index in [0.717, 1.165) is 12.8 Å². The number of carbonyl (C=O) groups is 1. The van der Waals surface area contributed by atoms with Crippen LogP contribution in [-0.4, -0.2) is 43.3 Å². The molecule has 0 aromatic rings. The molecule has 0 bridgehead atoms. The molecule has 1 heterocycles. The summed E-state index contributed by atoms with van der Waals surface area (Å²) in [7, 11) is -3.05. The molecular weight excluding hydrogens is 276 g/mol. The van der Waals surface area contributed by atoms with E-state index in [4.69, 9.17) is 0 Å². The van der Waals surface area contributed by atoms with E-state index in [1.807, 2.05) is 13.8 Å². The molecule has 0 N–H and O–H groups in total. The fourth-order valence-corrected chi connectivity index (χ4v) is 4.48. The maximum absolute atomic E-state index is 12.8. The molecule has 1 fully saturated rings. The topological polar surface area (TPSA) is 78.2 Å². The third-order valence-corrected chi connectivity index (χ3v) is 5.70. The second-order valence-corrected chi connectivity index (χ2v) is 7.88. The number of amides is 1. The molecule has 0 spiro atoms. The number of hydrogen-bond donors (Lipinski definition) is 0. The molecule has 1 atom stereocenters. The van der Waals surface area contributed by atoms with Crippen LogP contribution in [0.4, 0.5) is 0 Å². The third kappa shape index (κ3) is 3.51. The van der Waals surface area contributed by atoms with Crippen LogP contribution in [0, 0.1) is 16.7 Å². The van der Waals surface area contributed by atoms with E-state index in [1.54, 1.807) is 11.8 Å². The highest BCUT2D eigenvalue weighted by Gasteiger charge is 2.43. The fourth-order valence-electron chi connectivity index (χ4n) is 2.93. The van der Waals surface area contributed by atoms with Gasteiger partial charge in [-0.15, -0.1) is 0 Å².